The van der Waals surface area contributed by atoms with Crippen LogP contribution in [0.2, 0.25) is 0 Å². The molecule has 0 amide bonds. The molecular weight excluding hydrogens is 266 g/mol. The van der Waals surface area contributed by atoms with Crippen molar-refractivity contribution in [2.45, 2.75) is 32.2 Å². The van der Waals surface area contributed by atoms with Crippen molar-refractivity contribution in [1.29, 1.82) is 0 Å². The third-order valence-corrected chi connectivity index (χ3v) is 4.37. The van der Waals surface area contributed by atoms with E-state index in [0.29, 0.717) is 5.92 Å². The molecule has 116 valence electrons. The van der Waals surface area contributed by atoms with Crippen LogP contribution < -0.4 is 0 Å². The molecule has 1 aliphatic rings. The summed E-state index contributed by atoms with van der Waals surface area (Å²) < 4.78 is 5.22. The Bertz CT molecular complexity index is 450. The topological polar surface area (TPSA) is 49.8 Å². The van der Waals surface area contributed by atoms with Crippen LogP contribution in [0.25, 0.3) is 0 Å². The maximum Gasteiger partial charge on any atom is 0.310 e. The molecule has 0 saturated carbocycles. The molecule has 1 atom stereocenters. The number of carboxylic acid groups (broad SMARTS) is 1. The van der Waals surface area contributed by atoms with Crippen LogP contribution in [0, 0.1) is 5.92 Å². The molecule has 4 heteroatoms. The van der Waals surface area contributed by atoms with Gasteiger partial charge in [0.1, 0.15) is 0 Å². The number of hydrogen-bond acceptors (Lipinski definition) is 3. The zero-order chi connectivity index (χ0) is 15.2. The normalized spacial score (nSPS) is 18.6. The highest BCUT2D eigenvalue weighted by atomic mass is 16.5. The van der Waals surface area contributed by atoms with Crippen LogP contribution in [-0.4, -0.2) is 42.8 Å². The Morgan fingerprint density at radius 3 is 2.48 bits per heavy atom. The first-order chi connectivity index (χ1) is 10.1. The van der Waals surface area contributed by atoms with Gasteiger partial charge in [0, 0.05) is 20.3 Å². The summed E-state index contributed by atoms with van der Waals surface area (Å²) >= 11 is 0. The molecule has 1 aromatic carbocycles. The lowest BCUT2D eigenvalue weighted by molar-refractivity contribution is -0.138. The van der Waals surface area contributed by atoms with Crippen molar-refractivity contribution >= 4 is 5.97 Å². The fraction of sp³-hybridized carbons (Fsp3) is 0.588. The maximum atomic E-state index is 11.0. The lowest BCUT2D eigenvalue weighted by atomic mass is 9.97. The van der Waals surface area contributed by atoms with Crippen molar-refractivity contribution in [2.75, 3.05) is 26.8 Å². The average Bonchev–Trinajstić information content (AvgIpc) is 2.49. The second-order valence-electron chi connectivity index (χ2n) is 5.98. The number of benzene rings is 1. The van der Waals surface area contributed by atoms with E-state index in [1.807, 2.05) is 12.1 Å². The minimum Gasteiger partial charge on any atom is -0.481 e. The summed E-state index contributed by atoms with van der Waals surface area (Å²) in [6.07, 6.45) is 2.39. The van der Waals surface area contributed by atoms with E-state index in [0.717, 1.165) is 31.8 Å². The highest BCUT2D eigenvalue weighted by Gasteiger charge is 2.19. The quantitative estimate of drug-likeness (QED) is 0.875. The van der Waals surface area contributed by atoms with Crippen molar-refractivity contribution in [2.24, 2.45) is 5.92 Å². The SMILES string of the molecule is COCC1CCN(Cc2ccc(C(C)C(=O)O)cc2)CC1. The van der Waals surface area contributed by atoms with Gasteiger partial charge in [-0.1, -0.05) is 24.3 Å². The Morgan fingerprint density at radius 1 is 1.33 bits per heavy atom. The molecule has 21 heavy (non-hydrogen) atoms. The zero-order valence-electron chi connectivity index (χ0n) is 12.9. The van der Waals surface area contributed by atoms with Crippen LogP contribution in [0.15, 0.2) is 24.3 Å². The number of ether oxygens (including phenoxy) is 1. The smallest absolute Gasteiger partial charge is 0.310 e. The Kier molecular flexibility index (Phi) is 5.76. The number of nitrogens with zero attached hydrogens (tertiary/aromatic N) is 1. The lowest BCUT2D eigenvalue weighted by Crippen LogP contribution is -2.34. The summed E-state index contributed by atoms with van der Waals surface area (Å²) in [5, 5.41) is 9.02. The van der Waals surface area contributed by atoms with Crippen molar-refractivity contribution in [3.8, 4) is 0 Å². The molecule has 1 unspecified atom stereocenters. The highest BCUT2D eigenvalue weighted by molar-refractivity contribution is 5.75. The van der Waals surface area contributed by atoms with Crippen molar-refractivity contribution < 1.29 is 14.6 Å². The lowest BCUT2D eigenvalue weighted by Gasteiger charge is -2.31. The third-order valence-electron chi connectivity index (χ3n) is 4.37. The molecule has 0 radical (unpaired) electrons. The van der Waals surface area contributed by atoms with E-state index >= 15 is 0 Å². The molecular formula is C17H25NO3. The number of aliphatic carboxylic acids is 1. The van der Waals surface area contributed by atoms with Crippen molar-refractivity contribution in [3.63, 3.8) is 0 Å². The number of hydrogen-bond donors (Lipinski definition) is 1. The molecule has 0 aromatic heterocycles. The predicted octanol–water partition coefficient (Wildman–Crippen LogP) is 2.73. The molecule has 0 aliphatic carbocycles. The number of piperidine rings is 1. The number of carbonyl (C=O) groups is 1. The van der Waals surface area contributed by atoms with Gasteiger partial charge in [0.25, 0.3) is 0 Å². The molecule has 1 heterocycles. The van der Waals surface area contributed by atoms with Crippen LogP contribution in [0.4, 0.5) is 0 Å². The summed E-state index contributed by atoms with van der Waals surface area (Å²) in [6.45, 7) is 5.76. The minimum atomic E-state index is -0.775. The van der Waals surface area contributed by atoms with Gasteiger partial charge in [-0.2, -0.15) is 0 Å². The second-order valence-corrected chi connectivity index (χ2v) is 5.98. The van der Waals surface area contributed by atoms with Crippen LogP contribution in [0.1, 0.15) is 36.8 Å². The molecule has 1 saturated heterocycles. The van der Waals surface area contributed by atoms with Gasteiger partial charge < -0.3 is 9.84 Å². The Balaban J connectivity index is 1.85. The van der Waals surface area contributed by atoms with E-state index in [1.165, 1.54) is 18.4 Å². The van der Waals surface area contributed by atoms with Gasteiger partial charge in [-0.05, 0) is 49.9 Å². The molecule has 2 rings (SSSR count). The monoisotopic (exact) mass is 291 g/mol. The molecule has 1 N–H and O–H groups in total. The Labute approximate surface area is 126 Å². The molecule has 1 aliphatic heterocycles. The van der Waals surface area contributed by atoms with E-state index in [2.05, 4.69) is 17.0 Å². The number of carboxylic acids is 1. The standard InChI is InChI=1S/C17H25NO3/c1-13(17(19)20)16-5-3-14(4-6-16)11-18-9-7-15(8-10-18)12-21-2/h3-6,13,15H,7-12H2,1-2H3,(H,19,20). The van der Waals surface area contributed by atoms with Crippen molar-refractivity contribution in [3.05, 3.63) is 35.4 Å². The van der Waals surface area contributed by atoms with Gasteiger partial charge in [-0.15, -0.1) is 0 Å². The van der Waals surface area contributed by atoms with E-state index in [-0.39, 0.29) is 0 Å². The second kappa shape index (κ2) is 7.57. The van der Waals surface area contributed by atoms with E-state index < -0.39 is 11.9 Å². The molecule has 4 nitrogen and oxygen atoms in total. The largest absolute Gasteiger partial charge is 0.481 e. The van der Waals surface area contributed by atoms with Crippen molar-refractivity contribution in [1.82, 2.24) is 4.90 Å². The minimum absolute atomic E-state index is 0.441. The highest BCUT2D eigenvalue weighted by Crippen LogP contribution is 2.20. The van der Waals surface area contributed by atoms with Crippen LogP contribution in [0.3, 0.4) is 0 Å². The first-order valence-corrected chi connectivity index (χ1v) is 7.63. The van der Waals surface area contributed by atoms with E-state index in [4.69, 9.17) is 9.84 Å². The maximum absolute atomic E-state index is 11.0. The average molecular weight is 291 g/mol. The Morgan fingerprint density at radius 2 is 1.95 bits per heavy atom. The number of rotatable bonds is 6. The van der Waals surface area contributed by atoms with Crippen LogP contribution in [-0.2, 0) is 16.1 Å². The summed E-state index contributed by atoms with van der Waals surface area (Å²) in [5.74, 6) is -0.517. The van der Waals surface area contributed by atoms with Gasteiger partial charge in [-0.3, -0.25) is 9.69 Å². The fourth-order valence-electron chi connectivity index (χ4n) is 2.86. The van der Waals surface area contributed by atoms with E-state index in [9.17, 15) is 4.79 Å². The van der Waals surface area contributed by atoms with Gasteiger partial charge >= 0.3 is 5.97 Å². The first kappa shape index (κ1) is 16.0. The summed E-state index contributed by atoms with van der Waals surface area (Å²) in [4.78, 5) is 13.4. The number of methoxy groups -OCH3 is 1. The van der Waals surface area contributed by atoms with Gasteiger partial charge in [0.15, 0.2) is 0 Å². The van der Waals surface area contributed by atoms with Gasteiger partial charge in [0.05, 0.1) is 5.92 Å². The molecule has 0 bridgehead atoms. The van der Waals surface area contributed by atoms with E-state index in [1.54, 1.807) is 14.0 Å². The number of likely N-dealkylation sites (tertiary alicyclic amines) is 1. The zero-order valence-corrected chi connectivity index (χ0v) is 12.9. The van der Waals surface area contributed by atoms with Gasteiger partial charge in [-0.25, -0.2) is 0 Å². The molecule has 1 aromatic rings. The summed E-state index contributed by atoms with van der Waals surface area (Å²) in [6, 6.07) is 7.98. The Hall–Kier alpha value is -1.39. The summed E-state index contributed by atoms with van der Waals surface area (Å²) in [7, 11) is 1.77. The van der Waals surface area contributed by atoms with Crippen LogP contribution in [0.5, 0.6) is 0 Å². The first-order valence-electron chi connectivity index (χ1n) is 7.63. The molecule has 1 fully saturated rings. The third kappa shape index (κ3) is 4.55. The summed E-state index contributed by atoms with van der Waals surface area (Å²) in [5.41, 5.74) is 2.12. The predicted molar refractivity (Wildman–Crippen MR) is 82.4 cm³/mol. The molecule has 0 spiro atoms. The van der Waals surface area contributed by atoms with Crippen LogP contribution >= 0.6 is 0 Å². The van der Waals surface area contributed by atoms with Gasteiger partial charge in [0.2, 0.25) is 0 Å². The fourth-order valence-corrected chi connectivity index (χ4v) is 2.86.